The molecular formula is C26H32F3NO4. The Kier molecular flexibility index (Phi) is 4.47. The summed E-state index contributed by atoms with van der Waals surface area (Å²) < 4.78 is 62.3. The molecule has 2 heterocycles. The molecule has 2 aliphatic heterocycles. The van der Waals surface area contributed by atoms with Crippen LogP contribution in [-0.4, -0.2) is 67.3 Å². The molecule has 0 aromatic heterocycles. The van der Waals surface area contributed by atoms with Gasteiger partial charge >= 0.3 is 6.18 Å². The predicted molar refractivity (Wildman–Crippen MR) is 119 cm³/mol. The summed E-state index contributed by atoms with van der Waals surface area (Å²) in [6.45, 7) is 2.49. The molecule has 6 aliphatic rings. The number of aliphatic hydroxyl groups is 1. The van der Waals surface area contributed by atoms with Gasteiger partial charge in [0.15, 0.2) is 17.1 Å². The fourth-order valence-corrected chi connectivity index (χ4v) is 8.64. The monoisotopic (exact) mass is 479 g/mol. The number of ether oxygens (including phenoxy) is 3. The van der Waals surface area contributed by atoms with Crippen LogP contribution in [0.25, 0.3) is 0 Å². The van der Waals surface area contributed by atoms with Crippen molar-refractivity contribution in [1.29, 1.82) is 0 Å². The molecule has 8 heteroatoms. The predicted octanol–water partition coefficient (Wildman–Crippen LogP) is 4.01. The number of alkyl halides is 3. The maximum atomic E-state index is 14.6. The van der Waals surface area contributed by atoms with E-state index in [1.807, 2.05) is 6.07 Å². The Labute approximate surface area is 197 Å². The minimum atomic E-state index is -4.79. The van der Waals surface area contributed by atoms with Crippen molar-refractivity contribution in [2.24, 2.45) is 11.3 Å². The first kappa shape index (κ1) is 22.7. The van der Waals surface area contributed by atoms with Crippen molar-refractivity contribution in [1.82, 2.24) is 4.90 Å². The number of piperidine rings is 1. The number of halogens is 3. The number of hydrogen-bond donors (Lipinski definition) is 1. The van der Waals surface area contributed by atoms with E-state index in [1.165, 1.54) is 12.7 Å². The summed E-state index contributed by atoms with van der Waals surface area (Å²) in [5.41, 5.74) is -3.18. The van der Waals surface area contributed by atoms with Gasteiger partial charge in [-0.15, -0.1) is 0 Å². The minimum Gasteiger partial charge on any atom is -0.493 e. The molecule has 5 nitrogen and oxygen atoms in total. The van der Waals surface area contributed by atoms with E-state index in [0.717, 1.165) is 24.9 Å². The first-order chi connectivity index (χ1) is 16.1. The molecule has 0 radical (unpaired) electrons. The van der Waals surface area contributed by atoms with Crippen molar-refractivity contribution in [3.05, 3.63) is 35.4 Å². The second-order valence-electron chi connectivity index (χ2n) is 10.9. The first-order valence-corrected chi connectivity index (χ1v) is 12.2. The molecule has 4 bridgehead atoms. The smallest absolute Gasteiger partial charge is 0.417 e. The number of rotatable bonds is 5. The second-order valence-corrected chi connectivity index (χ2v) is 10.9. The molecule has 1 aromatic carbocycles. The van der Waals surface area contributed by atoms with Crippen LogP contribution in [0.1, 0.15) is 43.7 Å². The van der Waals surface area contributed by atoms with E-state index in [9.17, 15) is 18.3 Å². The third kappa shape index (κ3) is 2.20. The third-order valence-corrected chi connectivity index (χ3v) is 9.98. The van der Waals surface area contributed by atoms with Gasteiger partial charge in [-0.2, -0.15) is 13.2 Å². The lowest BCUT2D eigenvalue weighted by Crippen LogP contribution is -2.81. The van der Waals surface area contributed by atoms with E-state index >= 15 is 0 Å². The van der Waals surface area contributed by atoms with E-state index in [4.69, 9.17) is 14.2 Å². The number of likely N-dealkylation sites (N-methyl/N-ethyl adjacent to an activating group) is 1. The molecule has 1 saturated carbocycles. The van der Waals surface area contributed by atoms with Crippen LogP contribution in [0.3, 0.4) is 0 Å². The SMILES string of the molecule is CCCC(O)([C@H]1C[C@@]23C=C[C@]1(OC)C1Oc4c(OC)ccc5c4C12CCN(C)C3C5)C(F)(F)F. The Hall–Kier alpha value is -1.77. The van der Waals surface area contributed by atoms with Crippen LogP contribution in [0.15, 0.2) is 24.3 Å². The maximum absolute atomic E-state index is 14.6. The highest BCUT2D eigenvalue weighted by molar-refractivity contribution is 5.65. The quantitative estimate of drug-likeness (QED) is 0.647. The Morgan fingerprint density at radius 1 is 1.24 bits per heavy atom. The van der Waals surface area contributed by atoms with Crippen LogP contribution in [-0.2, 0) is 16.6 Å². The fourth-order valence-electron chi connectivity index (χ4n) is 8.64. The van der Waals surface area contributed by atoms with Crippen molar-refractivity contribution in [2.45, 2.75) is 74.0 Å². The van der Waals surface area contributed by atoms with Crippen LogP contribution < -0.4 is 9.47 Å². The van der Waals surface area contributed by atoms with Gasteiger partial charge in [-0.3, -0.25) is 0 Å². The molecule has 186 valence electrons. The fraction of sp³-hybridized carbons (Fsp3) is 0.692. The van der Waals surface area contributed by atoms with Gasteiger partial charge in [-0.1, -0.05) is 31.6 Å². The van der Waals surface area contributed by atoms with Crippen LogP contribution in [0.2, 0.25) is 0 Å². The third-order valence-electron chi connectivity index (χ3n) is 9.98. The van der Waals surface area contributed by atoms with E-state index in [1.54, 1.807) is 20.1 Å². The average molecular weight is 480 g/mol. The van der Waals surface area contributed by atoms with Gasteiger partial charge in [-0.25, -0.2) is 0 Å². The Bertz CT molecular complexity index is 1070. The zero-order valence-electron chi connectivity index (χ0n) is 20.0. The number of hydrogen-bond acceptors (Lipinski definition) is 5. The molecule has 34 heavy (non-hydrogen) atoms. The van der Waals surface area contributed by atoms with E-state index < -0.39 is 40.2 Å². The van der Waals surface area contributed by atoms with Gasteiger partial charge in [0.1, 0.15) is 11.7 Å². The highest BCUT2D eigenvalue weighted by atomic mass is 19.4. The minimum absolute atomic E-state index is 0.00668. The topological polar surface area (TPSA) is 51.2 Å². The number of benzene rings is 1. The zero-order chi connectivity index (χ0) is 24.3. The molecule has 1 N–H and O–H groups in total. The largest absolute Gasteiger partial charge is 0.493 e. The second kappa shape index (κ2) is 6.71. The van der Waals surface area contributed by atoms with Crippen molar-refractivity contribution in [3.63, 3.8) is 0 Å². The first-order valence-electron chi connectivity index (χ1n) is 12.2. The maximum Gasteiger partial charge on any atom is 0.417 e. The van der Waals surface area contributed by atoms with Gasteiger partial charge in [0.2, 0.25) is 0 Å². The summed E-state index contributed by atoms with van der Waals surface area (Å²) in [7, 11) is 5.10. The number of fused-ring (bicyclic) bond motifs is 1. The molecule has 4 unspecified atom stereocenters. The van der Waals surface area contributed by atoms with Crippen LogP contribution >= 0.6 is 0 Å². The Morgan fingerprint density at radius 3 is 2.65 bits per heavy atom. The Morgan fingerprint density at radius 2 is 2.00 bits per heavy atom. The van der Waals surface area contributed by atoms with Gasteiger partial charge in [-0.05, 0) is 50.9 Å². The summed E-state index contributed by atoms with van der Waals surface area (Å²) in [5.74, 6) is 0.0371. The van der Waals surface area contributed by atoms with Gasteiger partial charge in [0.25, 0.3) is 0 Å². The molecule has 7 rings (SSSR count). The molecule has 2 fully saturated rings. The lowest BCUT2D eigenvalue weighted by Gasteiger charge is -2.72. The highest BCUT2D eigenvalue weighted by Crippen LogP contribution is 2.76. The normalized spacial score (nSPS) is 41.1. The van der Waals surface area contributed by atoms with Gasteiger partial charge in [0.05, 0.1) is 12.5 Å². The van der Waals surface area contributed by atoms with Gasteiger partial charge in [0, 0.05) is 30.0 Å². The summed E-state index contributed by atoms with van der Waals surface area (Å²) in [6, 6.07) is 3.98. The number of nitrogens with zero attached hydrogens (tertiary/aromatic N) is 1. The molecule has 2 spiro atoms. The van der Waals surface area contributed by atoms with Gasteiger partial charge < -0.3 is 24.2 Å². The van der Waals surface area contributed by atoms with E-state index in [0.29, 0.717) is 11.5 Å². The van der Waals surface area contributed by atoms with Crippen LogP contribution in [0, 0.1) is 11.3 Å². The molecule has 4 aliphatic carbocycles. The molecule has 7 atom stereocenters. The lowest BCUT2D eigenvalue weighted by molar-refractivity contribution is -0.329. The van der Waals surface area contributed by atoms with Crippen molar-refractivity contribution in [3.8, 4) is 11.5 Å². The number of likely N-dealkylation sites (tertiary alicyclic amines) is 1. The summed E-state index contributed by atoms with van der Waals surface area (Å²) in [4.78, 5) is 2.28. The van der Waals surface area contributed by atoms with Crippen molar-refractivity contribution < 1.29 is 32.5 Å². The van der Waals surface area contributed by atoms with E-state index in [-0.39, 0.29) is 25.3 Å². The van der Waals surface area contributed by atoms with Crippen LogP contribution in [0.5, 0.6) is 11.5 Å². The Balaban J connectivity index is 1.66. The molecule has 0 amide bonds. The summed E-state index contributed by atoms with van der Waals surface area (Å²) >= 11 is 0. The van der Waals surface area contributed by atoms with Crippen molar-refractivity contribution in [2.75, 3.05) is 27.8 Å². The van der Waals surface area contributed by atoms with E-state index in [2.05, 4.69) is 24.1 Å². The molecule has 1 aromatic rings. The summed E-state index contributed by atoms with van der Waals surface area (Å²) in [5, 5.41) is 11.4. The zero-order valence-corrected chi connectivity index (χ0v) is 20.0. The summed E-state index contributed by atoms with van der Waals surface area (Å²) in [6.07, 6.45) is -0.0652. The lowest BCUT2D eigenvalue weighted by atomic mass is 9.36. The highest BCUT2D eigenvalue weighted by Gasteiger charge is 2.82. The number of methoxy groups -OCH3 is 2. The standard InChI is InChI=1S/C26H32F3NO4/c1-5-8-25(31,26(27,28)29)17-14-22-9-10-24(17,33-4)21-23(22)11-12-30(2)18(22)13-15-6-7-16(32-3)20(34-21)19(15)23/h6-7,9-10,17-18,21,31H,5,8,11-14H2,1-4H3/t17-,18?,21?,22+,23?,24+,25?/m0/s1. The molecule has 1 saturated heterocycles. The van der Waals surface area contributed by atoms with Crippen molar-refractivity contribution >= 4 is 0 Å². The van der Waals surface area contributed by atoms with Crippen LogP contribution in [0.4, 0.5) is 13.2 Å². The average Bonchev–Trinajstić information content (AvgIpc) is 3.17. The molecular weight excluding hydrogens is 447 g/mol.